The number of aliphatic carboxylic acids is 2. The van der Waals surface area contributed by atoms with Crippen molar-refractivity contribution in [3.8, 4) is 0 Å². The van der Waals surface area contributed by atoms with Crippen LogP contribution in [0.1, 0.15) is 6.92 Å². The average molecular weight is 508 g/mol. The molecule has 1 heterocycles. The van der Waals surface area contributed by atoms with Gasteiger partial charge in [-0.3, -0.25) is 0 Å². The van der Waals surface area contributed by atoms with Gasteiger partial charge in [-0.25, -0.2) is 22.3 Å². The largest absolute Gasteiger partial charge is 0.478 e. The number of para-hydroxylation sites is 1. The zero-order valence-corrected chi connectivity index (χ0v) is 21.3. The smallest absolute Gasteiger partial charge is 0.328 e. The number of anilines is 2. The molecule has 1 aliphatic rings. The highest BCUT2D eigenvalue weighted by Crippen LogP contribution is 2.48. The minimum absolute atomic E-state index is 0.313. The zero-order chi connectivity index (χ0) is 25.6. The maximum atomic E-state index is 12.6. The second-order valence-electron chi connectivity index (χ2n) is 7.92. The molecule has 2 aromatic carbocycles. The fraction of sp³-hybridized carbons (Fsp3) is 0.304. The molecule has 0 bridgehead atoms. The predicted octanol–water partition coefficient (Wildman–Crippen LogP) is 3.20. The van der Waals surface area contributed by atoms with Crippen molar-refractivity contribution in [2.45, 2.75) is 27.7 Å². The van der Waals surface area contributed by atoms with Crippen LogP contribution in [0.15, 0.2) is 69.3 Å². The number of carbonyl (C=O) groups is 2. The molecule has 0 saturated heterocycles. The molecular weight excluding hydrogens is 478 g/mol. The van der Waals surface area contributed by atoms with Crippen molar-refractivity contribution < 1.29 is 28.2 Å². The molecule has 2 N–H and O–H groups in total. The first-order valence-electron chi connectivity index (χ1n) is 10.3. The SMILES string of the molecule is CC(CN1c2ccccc2Sc2ccc(S(=O)(=O)N(C)C)cc21)N(C)C.O=C(O)C=CC(=O)O. The molecule has 0 spiro atoms. The van der Waals surface area contributed by atoms with Gasteiger partial charge in [0.1, 0.15) is 0 Å². The van der Waals surface area contributed by atoms with Crippen LogP contribution in [0, 0.1) is 0 Å². The van der Waals surface area contributed by atoms with Crippen LogP contribution in [0.4, 0.5) is 11.4 Å². The quantitative estimate of drug-likeness (QED) is 0.545. The molecule has 184 valence electrons. The number of nitrogens with zero attached hydrogens (tertiary/aromatic N) is 3. The molecule has 0 saturated carbocycles. The minimum Gasteiger partial charge on any atom is -0.478 e. The molecule has 9 nitrogen and oxygen atoms in total. The maximum absolute atomic E-state index is 12.6. The summed E-state index contributed by atoms with van der Waals surface area (Å²) in [5.74, 6) is -2.51. The van der Waals surface area contributed by atoms with Crippen molar-refractivity contribution in [3.05, 3.63) is 54.6 Å². The highest BCUT2D eigenvalue weighted by molar-refractivity contribution is 7.99. The number of likely N-dealkylation sites (N-methyl/N-ethyl adjacent to an activating group) is 1. The van der Waals surface area contributed by atoms with Gasteiger partial charge in [-0.05, 0) is 51.4 Å². The Labute approximate surface area is 204 Å². The van der Waals surface area contributed by atoms with Gasteiger partial charge in [-0.15, -0.1) is 0 Å². The Hall–Kier alpha value is -2.86. The number of carboxylic acids is 2. The van der Waals surface area contributed by atoms with Crippen LogP contribution < -0.4 is 4.90 Å². The Morgan fingerprint density at radius 1 is 0.971 bits per heavy atom. The van der Waals surface area contributed by atoms with E-state index in [1.807, 2.05) is 18.2 Å². The first kappa shape index (κ1) is 27.4. The summed E-state index contributed by atoms with van der Waals surface area (Å²) >= 11 is 1.69. The van der Waals surface area contributed by atoms with Crippen LogP contribution >= 0.6 is 11.8 Å². The highest BCUT2D eigenvalue weighted by atomic mass is 32.2. The van der Waals surface area contributed by atoms with Gasteiger partial charge in [0.2, 0.25) is 10.0 Å². The molecular formula is C23H29N3O6S2. The molecule has 0 aromatic heterocycles. The standard InChI is InChI=1S/C19H25N3O2S2.C4H4O4/c1-14(20(2)3)13-22-16-8-6-7-9-18(16)25-19-11-10-15(12-17(19)22)26(23,24)21(4)5;5-3(6)1-2-4(7)8/h6-12,14H,13H2,1-5H3;1-2H,(H,5,6)(H,7,8). The highest BCUT2D eigenvalue weighted by Gasteiger charge is 2.27. The van der Waals surface area contributed by atoms with Crippen molar-refractivity contribution >= 4 is 45.1 Å². The van der Waals surface area contributed by atoms with Crippen LogP contribution in [0.3, 0.4) is 0 Å². The monoisotopic (exact) mass is 507 g/mol. The molecule has 1 aliphatic heterocycles. The summed E-state index contributed by atoms with van der Waals surface area (Å²) in [6.07, 6.45) is 1.12. The van der Waals surface area contributed by atoms with Crippen LogP contribution in [0.25, 0.3) is 0 Å². The van der Waals surface area contributed by atoms with Gasteiger partial charge in [0.15, 0.2) is 0 Å². The third kappa shape index (κ3) is 6.83. The van der Waals surface area contributed by atoms with Crippen molar-refractivity contribution in [1.82, 2.24) is 9.21 Å². The van der Waals surface area contributed by atoms with Gasteiger partial charge in [-0.1, -0.05) is 23.9 Å². The van der Waals surface area contributed by atoms with Crippen LogP contribution in [-0.4, -0.2) is 80.6 Å². The molecule has 3 rings (SSSR count). The van der Waals surface area contributed by atoms with E-state index >= 15 is 0 Å². The van der Waals surface area contributed by atoms with E-state index in [0.29, 0.717) is 23.1 Å². The Bertz CT molecular complexity index is 1160. The number of carboxylic acid groups (broad SMARTS) is 2. The Balaban J connectivity index is 0.000000440. The lowest BCUT2D eigenvalue weighted by Gasteiger charge is -2.36. The van der Waals surface area contributed by atoms with E-state index in [-0.39, 0.29) is 0 Å². The summed E-state index contributed by atoms with van der Waals surface area (Å²) in [4.78, 5) is 26.1. The van der Waals surface area contributed by atoms with Gasteiger partial charge >= 0.3 is 11.9 Å². The number of sulfonamides is 1. The molecule has 34 heavy (non-hydrogen) atoms. The number of rotatable bonds is 7. The van der Waals surface area contributed by atoms with Crippen LogP contribution in [-0.2, 0) is 19.6 Å². The third-order valence-electron chi connectivity index (χ3n) is 5.07. The molecule has 11 heteroatoms. The Morgan fingerprint density at radius 3 is 2.06 bits per heavy atom. The molecule has 0 radical (unpaired) electrons. The van der Waals surface area contributed by atoms with Gasteiger partial charge in [0, 0.05) is 48.6 Å². The van der Waals surface area contributed by atoms with Crippen molar-refractivity contribution in [1.29, 1.82) is 0 Å². The molecule has 0 amide bonds. The summed E-state index contributed by atoms with van der Waals surface area (Å²) in [5.41, 5.74) is 2.07. The first-order chi connectivity index (χ1) is 15.8. The third-order valence-corrected chi connectivity index (χ3v) is 8.01. The van der Waals surface area contributed by atoms with Crippen molar-refractivity contribution in [3.63, 3.8) is 0 Å². The maximum Gasteiger partial charge on any atom is 0.328 e. The fourth-order valence-electron chi connectivity index (χ4n) is 2.95. The lowest BCUT2D eigenvalue weighted by atomic mass is 10.2. The summed E-state index contributed by atoms with van der Waals surface area (Å²) in [5, 5.41) is 15.6. The molecule has 1 atom stereocenters. The van der Waals surface area contributed by atoms with E-state index in [0.717, 1.165) is 22.8 Å². The van der Waals surface area contributed by atoms with Crippen molar-refractivity contribution in [2.75, 3.05) is 39.6 Å². The lowest BCUT2D eigenvalue weighted by Crippen LogP contribution is -2.37. The van der Waals surface area contributed by atoms with E-state index < -0.39 is 22.0 Å². The van der Waals surface area contributed by atoms with Gasteiger partial charge < -0.3 is 20.0 Å². The normalized spacial score (nSPS) is 13.8. The predicted molar refractivity (Wildman–Crippen MR) is 132 cm³/mol. The number of benzene rings is 2. The molecule has 2 aromatic rings. The topological polar surface area (TPSA) is 118 Å². The van der Waals surface area contributed by atoms with Crippen LogP contribution in [0.5, 0.6) is 0 Å². The summed E-state index contributed by atoms with van der Waals surface area (Å²) in [7, 11) is 3.77. The average Bonchev–Trinajstić information content (AvgIpc) is 2.77. The van der Waals surface area contributed by atoms with E-state index in [2.05, 4.69) is 43.0 Å². The zero-order valence-electron chi connectivity index (χ0n) is 19.7. The molecule has 1 unspecified atom stereocenters. The summed E-state index contributed by atoms with van der Waals surface area (Å²) in [6, 6.07) is 14.0. The van der Waals surface area contributed by atoms with E-state index in [9.17, 15) is 18.0 Å². The number of fused-ring (bicyclic) bond motifs is 2. The first-order valence-corrected chi connectivity index (χ1v) is 12.5. The van der Waals surface area contributed by atoms with Crippen molar-refractivity contribution in [2.24, 2.45) is 0 Å². The number of hydrogen-bond acceptors (Lipinski definition) is 7. The lowest BCUT2D eigenvalue weighted by molar-refractivity contribution is -0.134. The van der Waals surface area contributed by atoms with E-state index in [4.69, 9.17) is 10.2 Å². The van der Waals surface area contributed by atoms with Gasteiger partial charge in [0.05, 0.1) is 16.3 Å². The van der Waals surface area contributed by atoms with E-state index in [1.165, 1.54) is 9.20 Å². The minimum atomic E-state index is -3.47. The Kier molecular flexibility index (Phi) is 9.28. The summed E-state index contributed by atoms with van der Waals surface area (Å²) < 4.78 is 26.4. The summed E-state index contributed by atoms with van der Waals surface area (Å²) in [6.45, 7) is 2.95. The van der Waals surface area contributed by atoms with E-state index in [1.54, 1.807) is 38.0 Å². The van der Waals surface area contributed by atoms with Crippen LogP contribution in [0.2, 0.25) is 0 Å². The second kappa shape index (κ2) is 11.5. The Morgan fingerprint density at radius 2 is 1.53 bits per heavy atom. The second-order valence-corrected chi connectivity index (χ2v) is 11.2. The van der Waals surface area contributed by atoms with Gasteiger partial charge in [-0.2, -0.15) is 0 Å². The fourth-order valence-corrected chi connectivity index (χ4v) is 4.95. The number of hydrogen-bond donors (Lipinski definition) is 2. The van der Waals surface area contributed by atoms with Gasteiger partial charge in [0.25, 0.3) is 0 Å². The molecule has 0 fully saturated rings. The molecule has 0 aliphatic carbocycles.